The molecule has 3 aliphatic rings. The summed E-state index contributed by atoms with van der Waals surface area (Å²) in [5.41, 5.74) is 3.69. The molecule has 0 radical (unpaired) electrons. The Morgan fingerprint density at radius 2 is 1.67 bits per heavy atom. The van der Waals surface area contributed by atoms with Gasteiger partial charge in [-0.15, -0.1) is 0 Å². The molecule has 226 valence electrons. The van der Waals surface area contributed by atoms with Crippen molar-refractivity contribution in [3.05, 3.63) is 59.3 Å². The van der Waals surface area contributed by atoms with E-state index in [1.807, 2.05) is 42.5 Å². The lowest BCUT2D eigenvalue weighted by molar-refractivity contribution is -0.121. The van der Waals surface area contributed by atoms with Crippen molar-refractivity contribution in [2.24, 2.45) is 5.41 Å². The highest BCUT2D eigenvalue weighted by atomic mass is 16.5. The summed E-state index contributed by atoms with van der Waals surface area (Å²) in [6, 6.07) is 13.1. The van der Waals surface area contributed by atoms with E-state index < -0.39 is 6.04 Å². The molecule has 8 nitrogen and oxygen atoms in total. The van der Waals surface area contributed by atoms with E-state index in [1.54, 1.807) is 14.2 Å². The topological polar surface area (TPSA) is 91.9 Å². The van der Waals surface area contributed by atoms with E-state index in [4.69, 9.17) is 9.47 Å². The fraction of sp³-hybridized carbons (Fsp3) is 0.529. The molecule has 1 saturated heterocycles. The summed E-state index contributed by atoms with van der Waals surface area (Å²) in [6.45, 7) is 13.0. The summed E-state index contributed by atoms with van der Waals surface area (Å²) in [5.74, 6) is 1.29. The highest BCUT2D eigenvalue weighted by molar-refractivity contribution is 6.02. The van der Waals surface area contributed by atoms with Crippen LogP contribution in [0.4, 0.5) is 11.4 Å². The molecule has 1 atom stereocenters. The Bertz CT molecular complexity index is 1390. The van der Waals surface area contributed by atoms with Crippen LogP contribution in [0.3, 0.4) is 0 Å². The summed E-state index contributed by atoms with van der Waals surface area (Å²) in [6.07, 6.45) is 2.79. The minimum Gasteiger partial charge on any atom is -0.497 e. The van der Waals surface area contributed by atoms with Crippen LogP contribution in [0.15, 0.2) is 53.7 Å². The molecule has 1 aliphatic carbocycles. The fourth-order valence-corrected chi connectivity index (χ4v) is 7.46. The smallest absolute Gasteiger partial charge is 0.239 e. The van der Waals surface area contributed by atoms with Crippen LogP contribution < -0.4 is 30.3 Å². The van der Waals surface area contributed by atoms with Crippen LogP contribution in [0.5, 0.6) is 11.5 Å². The number of amides is 1. The summed E-state index contributed by atoms with van der Waals surface area (Å²) >= 11 is 0. The SMILES string of the molecule is COc1ccc(OC)c(C2C3=C(CC(C)(C)CC3=O)Nc3ccccc3N2CC(=O)NC2CC(C)(C)NC(C)(C)C2)c1. The third-order valence-corrected chi connectivity index (χ3v) is 8.60. The first kappa shape index (κ1) is 30.0. The number of carbonyl (C=O) groups excluding carboxylic acids is 2. The molecule has 0 spiro atoms. The van der Waals surface area contributed by atoms with Crippen LogP contribution in [0.2, 0.25) is 0 Å². The van der Waals surface area contributed by atoms with Crippen molar-refractivity contribution >= 4 is 23.1 Å². The van der Waals surface area contributed by atoms with Gasteiger partial charge in [0.2, 0.25) is 5.91 Å². The Kier molecular flexibility index (Phi) is 7.81. The van der Waals surface area contributed by atoms with Gasteiger partial charge in [0.15, 0.2) is 5.78 Å². The number of ketones is 1. The molecular formula is C34H46N4O4. The Morgan fingerprint density at radius 3 is 2.33 bits per heavy atom. The number of methoxy groups -OCH3 is 2. The molecule has 1 fully saturated rings. The van der Waals surface area contributed by atoms with Gasteiger partial charge in [-0.25, -0.2) is 0 Å². The number of nitrogens with one attached hydrogen (secondary N) is 3. The third kappa shape index (κ3) is 6.14. The second-order valence-electron chi connectivity index (χ2n) is 14.2. The van der Waals surface area contributed by atoms with Crippen molar-refractivity contribution in [3.8, 4) is 11.5 Å². The number of rotatable bonds is 6. The average Bonchev–Trinajstić information content (AvgIpc) is 3.00. The zero-order valence-corrected chi connectivity index (χ0v) is 26.3. The maximum Gasteiger partial charge on any atom is 0.239 e. The lowest BCUT2D eigenvalue weighted by Crippen LogP contribution is -2.62. The van der Waals surface area contributed by atoms with Crippen LogP contribution in [0.25, 0.3) is 0 Å². The van der Waals surface area contributed by atoms with E-state index in [-0.39, 0.29) is 40.8 Å². The molecule has 0 bridgehead atoms. The number of Topliss-reactive ketones (excluding diaryl/α,β-unsaturated/α-hetero) is 1. The van der Waals surface area contributed by atoms with Crippen molar-refractivity contribution in [3.63, 3.8) is 0 Å². The highest BCUT2D eigenvalue weighted by Crippen LogP contribution is 2.50. The van der Waals surface area contributed by atoms with Crippen molar-refractivity contribution in [1.29, 1.82) is 0 Å². The lowest BCUT2D eigenvalue weighted by atomic mass is 9.73. The molecule has 1 amide bonds. The molecule has 2 heterocycles. The van der Waals surface area contributed by atoms with E-state index in [1.165, 1.54) is 0 Å². The maximum atomic E-state index is 14.1. The number of carbonyl (C=O) groups is 2. The molecular weight excluding hydrogens is 528 g/mol. The number of piperidine rings is 1. The van der Waals surface area contributed by atoms with Crippen molar-refractivity contribution in [1.82, 2.24) is 10.6 Å². The molecule has 8 heteroatoms. The molecule has 2 aromatic rings. The number of anilines is 2. The number of nitrogens with zero attached hydrogens (tertiary/aromatic N) is 1. The predicted octanol–water partition coefficient (Wildman–Crippen LogP) is 5.75. The molecule has 0 aromatic heterocycles. The number of hydrogen-bond donors (Lipinski definition) is 3. The van der Waals surface area contributed by atoms with Crippen LogP contribution in [0, 0.1) is 5.41 Å². The molecule has 2 aliphatic heterocycles. The van der Waals surface area contributed by atoms with Crippen LogP contribution >= 0.6 is 0 Å². The van der Waals surface area contributed by atoms with E-state index >= 15 is 0 Å². The molecule has 2 aromatic carbocycles. The lowest BCUT2D eigenvalue weighted by Gasteiger charge is -2.46. The second-order valence-corrected chi connectivity index (χ2v) is 14.2. The van der Waals surface area contributed by atoms with Crippen molar-refractivity contribution < 1.29 is 19.1 Å². The molecule has 3 N–H and O–H groups in total. The molecule has 1 unspecified atom stereocenters. The third-order valence-electron chi connectivity index (χ3n) is 8.60. The number of ether oxygens (including phenoxy) is 2. The summed E-state index contributed by atoms with van der Waals surface area (Å²) in [7, 11) is 3.26. The molecule has 0 saturated carbocycles. The van der Waals surface area contributed by atoms with E-state index in [9.17, 15) is 9.59 Å². The Morgan fingerprint density at radius 1 is 0.976 bits per heavy atom. The largest absolute Gasteiger partial charge is 0.497 e. The predicted molar refractivity (Wildman–Crippen MR) is 167 cm³/mol. The van der Waals surface area contributed by atoms with Crippen molar-refractivity contribution in [2.75, 3.05) is 31.0 Å². The van der Waals surface area contributed by atoms with Crippen LogP contribution in [-0.2, 0) is 9.59 Å². The van der Waals surface area contributed by atoms with Gasteiger partial charge in [-0.1, -0.05) is 26.0 Å². The van der Waals surface area contributed by atoms with E-state index in [0.717, 1.165) is 35.5 Å². The number of allylic oxidation sites excluding steroid dienone is 1. The van der Waals surface area contributed by atoms with Crippen LogP contribution in [-0.4, -0.2) is 49.6 Å². The van der Waals surface area contributed by atoms with Gasteiger partial charge in [0, 0.05) is 40.4 Å². The van der Waals surface area contributed by atoms with Gasteiger partial charge in [-0.3, -0.25) is 9.59 Å². The zero-order valence-electron chi connectivity index (χ0n) is 26.3. The van der Waals surface area contributed by atoms with Gasteiger partial charge in [-0.05, 0) is 82.7 Å². The molecule has 5 rings (SSSR count). The molecule has 42 heavy (non-hydrogen) atoms. The Hall–Kier alpha value is -3.52. The van der Waals surface area contributed by atoms with Gasteiger partial charge >= 0.3 is 0 Å². The Balaban J connectivity index is 1.62. The maximum absolute atomic E-state index is 14.1. The first-order valence-corrected chi connectivity index (χ1v) is 14.9. The van der Waals surface area contributed by atoms with Gasteiger partial charge in [-0.2, -0.15) is 0 Å². The second kappa shape index (κ2) is 11.0. The first-order chi connectivity index (χ1) is 19.7. The summed E-state index contributed by atoms with van der Waals surface area (Å²) in [4.78, 5) is 30.1. The minimum atomic E-state index is -0.559. The average molecular weight is 575 g/mol. The van der Waals surface area contributed by atoms with Gasteiger partial charge < -0.3 is 30.3 Å². The number of para-hydroxylation sites is 2. The normalized spacial score (nSPS) is 22.8. The van der Waals surface area contributed by atoms with Crippen molar-refractivity contribution in [2.45, 2.75) is 90.4 Å². The number of benzene rings is 2. The number of fused-ring (bicyclic) bond motifs is 1. The van der Waals surface area contributed by atoms with Gasteiger partial charge in [0.25, 0.3) is 0 Å². The quantitative estimate of drug-likeness (QED) is 0.405. The summed E-state index contributed by atoms with van der Waals surface area (Å²) < 4.78 is 11.5. The Labute approximate surface area is 250 Å². The van der Waals surface area contributed by atoms with Crippen LogP contribution in [0.1, 0.15) is 78.8 Å². The fourth-order valence-electron chi connectivity index (χ4n) is 7.46. The summed E-state index contributed by atoms with van der Waals surface area (Å²) in [5, 5.41) is 10.7. The van der Waals surface area contributed by atoms with Gasteiger partial charge in [0.05, 0.1) is 38.2 Å². The van der Waals surface area contributed by atoms with E-state index in [0.29, 0.717) is 29.9 Å². The zero-order chi connectivity index (χ0) is 30.4. The first-order valence-electron chi connectivity index (χ1n) is 14.9. The van der Waals surface area contributed by atoms with E-state index in [2.05, 4.69) is 62.4 Å². The standard InChI is InChI=1S/C34H46N4O4/c1-32(2)18-25-30(27(39)19-32)31(23-15-22(41-7)13-14-28(23)42-8)38(26-12-10-9-11-24(26)36-25)20-29(40)35-21-16-33(3,4)37-34(5,6)17-21/h9-15,21,31,36-37H,16-20H2,1-8H3,(H,35,40). The minimum absolute atomic E-state index is 0.0285. The highest BCUT2D eigenvalue weighted by Gasteiger charge is 2.44. The number of hydrogen-bond acceptors (Lipinski definition) is 7. The van der Waals surface area contributed by atoms with Gasteiger partial charge in [0.1, 0.15) is 11.5 Å². The monoisotopic (exact) mass is 574 g/mol.